The van der Waals surface area contributed by atoms with E-state index in [1.807, 2.05) is 17.7 Å². The maximum absolute atomic E-state index is 13.4. The number of fused-ring (bicyclic) bond motifs is 1. The van der Waals surface area contributed by atoms with Gasteiger partial charge in [-0.3, -0.25) is 14.5 Å². The molecule has 2 amide bonds. The minimum atomic E-state index is -0.462. The third-order valence-electron chi connectivity index (χ3n) is 4.69. The number of carbonyl (C=O) groups excluding carboxylic acids is 2. The van der Waals surface area contributed by atoms with Crippen molar-refractivity contribution in [1.82, 2.24) is 15.1 Å². The summed E-state index contributed by atoms with van der Waals surface area (Å²) in [6.45, 7) is 4.88. The Kier molecular flexibility index (Phi) is 6.61. The molecule has 0 fully saturated rings. The number of aryl methyl sites for hydroxylation is 2. The van der Waals surface area contributed by atoms with Crippen molar-refractivity contribution >= 4 is 23.3 Å². The zero-order valence-electron chi connectivity index (χ0n) is 16.9. The van der Waals surface area contributed by atoms with Crippen molar-refractivity contribution < 1.29 is 19.2 Å². The molecule has 8 nitrogen and oxygen atoms in total. The van der Waals surface area contributed by atoms with E-state index < -0.39 is 5.82 Å². The first-order valence-electron chi connectivity index (χ1n) is 9.68. The zero-order chi connectivity index (χ0) is 21.7. The van der Waals surface area contributed by atoms with Crippen LogP contribution < -0.4 is 10.2 Å². The largest absolute Gasteiger partial charge is 0.410 e. The Morgan fingerprint density at radius 1 is 1.30 bits per heavy atom. The van der Waals surface area contributed by atoms with Gasteiger partial charge in [0.05, 0.1) is 5.69 Å². The minimum Gasteiger partial charge on any atom is -0.410 e. The van der Waals surface area contributed by atoms with Gasteiger partial charge in [0.2, 0.25) is 11.8 Å². The maximum atomic E-state index is 13.4. The predicted molar refractivity (Wildman–Crippen MR) is 110 cm³/mol. The van der Waals surface area contributed by atoms with E-state index in [1.54, 1.807) is 17.9 Å². The van der Waals surface area contributed by atoms with Crippen LogP contribution in [0.4, 0.5) is 10.2 Å². The Balaban J connectivity index is 1.56. The number of anilines is 1. The van der Waals surface area contributed by atoms with Gasteiger partial charge >= 0.3 is 0 Å². The number of halogens is 1. The quantitative estimate of drug-likeness (QED) is 0.432. The molecule has 2 N–H and O–H groups in total. The van der Waals surface area contributed by atoms with Crippen molar-refractivity contribution in [2.24, 2.45) is 5.16 Å². The van der Waals surface area contributed by atoms with Gasteiger partial charge in [-0.25, -0.2) is 9.07 Å². The van der Waals surface area contributed by atoms with Gasteiger partial charge in [0.15, 0.2) is 0 Å². The first-order chi connectivity index (χ1) is 14.4. The average molecular weight is 413 g/mol. The van der Waals surface area contributed by atoms with Crippen LogP contribution in [0.5, 0.6) is 0 Å². The molecule has 158 valence electrons. The van der Waals surface area contributed by atoms with Crippen LogP contribution in [-0.2, 0) is 16.1 Å². The van der Waals surface area contributed by atoms with Crippen LogP contribution in [0.3, 0.4) is 0 Å². The standard InChI is InChI=1S/C21H24FN5O3/c1-14(11-18(25-30)16-5-3-6-17(22)13-16)23-19(28)7-8-21(29)26-9-4-10-27-20(26)12-15(2)24-27/h3,5-6,11-13,30H,4,7-10H2,1-2H3,(H,23,28)/b14-11+,25-18+. The number of rotatable bonds is 6. The Labute approximate surface area is 173 Å². The Morgan fingerprint density at radius 3 is 2.83 bits per heavy atom. The first-order valence-corrected chi connectivity index (χ1v) is 9.68. The summed E-state index contributed by atoms with van der Waals surface area (Å²) in [7, 11) is 0. The molecule has 0 bridgehead atoms. The molecule has 1 aromatic carbocycles. The lowest BCUT2D eigenvalue weighted by atomic mass is 10.1. The maximum Gasteiger partial charge on any atom is 0.228 e. The molecule has 30 heavy (non-hydrogen) atoms. The Morgan fingerprint density at radius 2 is 2.10 bits per heavy atom. The van der Waals surface area contributed by atoms with Crippen LogP contribution in [0.2, 0.25) is 0 Å². The van der Waals surface area contributed by atoms with Crippen molar-refractivity contribution in [3.05, 3.63) is 59.2 Å². The van der Waals surface area contributed by atoms with Gasteiger partial charge in [0.25, 0.3) is 0 Å². The molecule has 0 saturated heterocycles. The summed E-state index contributed by atoms with van der Waals surface area (Å²) in [6, 6.07) is 7.46. The normalized spacial score (nSPS) is 14.4. The van der Waals surface area contributed by atoms with E-state index in [-0.39, 0.29) is 30.4 Å². The molecular formula is C21H24FN5O3. The van der Waals surface area contributed by atoms with E-state index in [1.165, 1.54) is 24.3 Å². The predicted octanol–water partition coefficient (Wildman–Crippen LogP) is 2.75. The number of hydrogen-bond acceptors (Lipinski definition) is 5. The molecule has 3 rings (SSSR count). The van der Waals surface area contributed by atoms with Crippen molar-refractivity contribution in [3.8, 4) is 0 Å². The number of carbonyl (C=O) groups is 2. The van der Waals surface area contributed by atoms with Crippen molar-refractivity contribution in [2.75, 3.05) is 11.4 Å². The van der Waals surface area contributed by atoms with Gasteiger partial charge in [-0.15, -0.1) is 0 Å². The van der Waals surface area contributed by atoms with Gasteiger partial charge in [-0.1, -0.05) is 17.3 Å². The highest BCUT2D eigenvalue weighted by Gasteiger charge is 2.24. The molecule has 1 aliphatic heterocycles. The number of amides is 2. The Hall–Kier alpha value is -3.49. The molecule has 0 saturated carbocycles. The van der Waals surface area contributed by atoms with Crippen molar-refractivity contribution in [3.63, 3.8) is 0 Å². The highest BCUT2D eigenvalue weighted by atomic mass is 19.1. The minimum absolute atomic E-state index is 0.0131. The second-order valence-corrected chi connectivity index (χ2v) is 7.14. The van der Waals surface area contributed by atoms with Gasteiger partial charge in [-0.05, 0) is 38.5 Å². The van der Waals surface area contributed by atoms with Crippen LogP contribution in [0.25, 0.3) is 0 Å². The SMILES string of the molecule is C/C(=C\C(=N/O)c1cccc(F)c1)NC(=O)CCC(=O)N1CCCn2nc(C)cc21. The molecular weight excluding hydrogens is 389 g/mol. The van der Waals surface area contributed by atoms with Gasteiger partial charge in [0.1, 0.15) is 17.3 Å². The summed E-state index contributed by atoms with van der Waals surface area (Å²) in [5.74, 6) is -0.170. The van der Waals surface area contributed by atoms with Crippen LogP contribution >= 0.6 is 0 Å². The van der Waals surface area contributed by atoms with E-state index in [0.717, 1.165) is 24.5 Å². The molecule has 9 heteroatoms. The first kappa shape index (κ1) is 21.2. The lowest BCUT2D eigenvalue weighted by Gasteiger charge is -2.27. The molecule has 0 radical (unpaired) electrons. The number of nitrogens with zero attached hydrogens (tertiary/aromatic N) is 4. The number of allylic oxidation sites excluding steroid dienone is 2. The summed E-state index contributed by atoms with van der Waals surface area (Å²) in [4.78, 5) is 26.5. The highest BCUT2D eigenvalue weighted by molar-refractivity contribution is 6.08. The molecule has 2 aromatic rings. The van der Waals surface area contributed by atoms with Crippen LogP contribution in [0.1, 0.15) is 37.4 Å². The Bertz CT molecular complexity index is 1010. The third-order valence-corrected chi connectivity index (χ3v) is 4.69. The third kappa shape index (κ3) is 5.11. The number of nitrogens with one attached hydrogen (secondary N) is 1. The van der Waals surface area contributed by atoms with Crippen LogP contribution in [0.15, 0.2) is 47.3 Å². The van der Waals surface area contributed by atoms with E-state index in [2.05, 4.69) is 15.6 Å². The second-order valence-electron chi connectivity index (χ2n) is 7.14. The van der Waals surface area contributed by atoms with Gasteiger partial charge in [0, 0.05) is 43.3 Å². The zero-order valence-corrected chi connectivity index (χ0v) is 16.9. The summed E-state index contributed by atoms with van der Waals surface area (Å²) < 4.78 is 15.2. The number of oxime groups is 1. The molecule has 1 aromatic heterocycles. The second kappa shape index (κ2) is 9.34. The summed E-state index contributed by atoms with van der Waals surface area (Å²) in [6.07, 6.45) is 2.32. The molecule has 0 aliphatic carbocycles. The fourth-order valence-corrected chi connectivity index (χ4v) is 3.36. The molecule has 0 atom stereocenters. The number of hydrogen-bond donors (Lipinski definition) is 2. The van der Waals surface area contributed by atoms with Crippen molar-refractivity contribution in [2.45, 2.75) is 39.7 Å². The fraction of sp³-hybridized carbons (Fsp3) is 0.333. The lowest BCUT2D eigenvalue weighted by molar-refractivity contribution is -0.124. The van der Waals surface area contributed by atoms with Gasteiger partial charge < -0.3 is 10.5 Å². The highest BCUT2D eigenvalue weighted by Crippen LogP contribution is 2.22. The number of benzene rings is 1. The van der Waals surface area contributed by atoms with Gasteiger partial charge in [-0.2, -0.15) is 5.10 Å². The molecule has 0 spiro atoms. The van der Waals surface area contributed by atoms with E-state index >= 15 is 0 Å². The topological polar surface area (TPSA) is 99.8 Å². The van der Waals surface area contributed by atoms with Crippen molar-refractivity contribution in [1.29, 1.82) is 0 Å². The van der Waals surface area contributed by atoms with E-state index in [4.69, 9.17) is 0 Å². The van der Waals surface area contributed by atoms with E-state index in [0.29, 0.717) is 17.8 Å². The summed E-state index contributed by atoms with van der Waals surface area (Å²) >= 11 is 0. The molecule has 2 heterocycles. The summed E-state index contributed by atoms with van der Waals surface area (Å²) in [5, 5.41) is 19.4. The van der Waals surface area contributed by atoms with Crippen LogP contribution in [-0.4, -0.2) is 39.1 Å². The van der Waals surface area contributed by atoms with Crippen LogP contribution in [0, 0.1) is 12.7 Å². The average Bonchev–Trinajstić information content (AvgIpc) is 3.10. The molecule has 1 aliphatic rings. The smallest absolute Gasteiger partial charge is 0.228 e. The number of aromatic nitrogens is 2. The summed E-state index contributed by atoms with van der Waals surface area (Å²) in [5.41, 5.74) is 1.75. The fourth-order valence-electron chi connectivity index (χ4n) is 3.36. The van der Waals surface area contributed by atoms with E-state index in [9.17, 15) is 19.2 Å². The molecule has 0 unspecified atom stereocenters. The lowest BCUT2D eigenvalue weighted by Crippen LogP contribution is -2.38. The monoisotopic (exact) mass is 413 g/mol.